The number of hydrogen-bond donors (Lipinski definition) is 3. The molecule has 40 heavy (non-hydrogen) atoms. The van der Waals surface area contributed by atoms with Gasteiger partial charge in [0.05, 0.1) is 6.04 Å². The van der Waals surface area contributed by atoms with Gasteiger partial charge in [0.1, 0.15) is 0 Å². The van der Waals surface area contributed by atoms with Crippen LogP contribution in [0, 0.1) is 6.92 Å². The number of carboxylic acid groups (broad SMARTS) is 2. The minimum Gasteiger partial charge on any atom is -0.478 e. The van der Waals surface area contributed by atoms with Crippen LogP contribution in [-0.2, 0) is 16.1 Å². The van der Waals surface area contributed by atoms with Crippen molar-refractivity contribution in [2.45, 2.75) is 19.5 Å². The van der Waals surface area contributed by atoms with Crippen molar-refractivity contribution in [3.63, 3.8) is 0 Å². The van der Waals surface area contributed by atoms with E-state index < -0.39 is 11.9 Å². The summed E-state index contributed by atoms with van der Waals surface area (Å²) in [4.78, 5) is 27.9. The standard InChI is InChI=1S/C29H31N3.C4H4O4/c1-23-27(21-28(30-23)24-11-5-2-6-12-24)22-31-17-19-32(20-18-31)29(25-13-7-3-8-14-25)26-15-9-4-10-16-26;5-3(6)1-2-4(7)8/h2-16,21,29-30H,17-20,22H2,1H3;1-2H,(H,5,6)(H,7,8). The first-order valence-corrected chi connectivity index (χ1v) is 13.3. The van der Waals surface area contributed by atoms with Crippen molar-refractivity contribution in [2.24, 2.45) is 0 Å². The Bertz CT molecular complexity index is 1340. The molecule has 1 saturated heterocycles. The Balaban J connectivity index is 0.000000406. The van der Waals surface area contributed by atoms with E-state index in [-0.39, 0.29) is 0 Å². The molecule has 7 nitrogen and oxygen atoms in total. The molecule has 1 aliphatic rings. The van der Waals surface area contributed by atoms with Crippen LogP contribution in [0.25, 0.3) is 11.3 Å². The number of nitrogens with zero attached hydrogens (tertiary/aromatic N) is 2. The number of rotatable bonds is 8. The predicted molar refractivity (Wildman–Crippen MR) is 157 cm³/mol. The SMILES string of the molecule is Cc1[nH]c(-c2ccccc2)cc1CN1CCN(C(c2ccccc2)c2ccccc2)CC1.O=C(O)C=CC(=O)O. The fraction of sp³-hybridized carbons (Fsp3) is 0.212. The van der Waals surface area contributed by atoms with Crippen LogP contribution < -0.4 is 0 Å². The van der Waals surface area contributed by atoms with E-state index in [0.29, 0.717) is 18.2 Å². The largest absolute Gasteiger partial charge is 0.478 e. The van der Waals surface area contributed by atoms with Gasteiger partial charge in [0.15, 0.2) is 0 Å². The molecule has 3 N–H and O–H groups in total. The zero-order valence-corrected chi connectivity index (χ0v) is 22.6. The molecule has 1 fully saturated rings. The predicted octanol–water partition coefficient (Wildman–Crippen LogP) is 5.61. The molecular weight excluding hydrogens is 502 g/mol. The van der Waals surface area contributed by atoms with Gasteiger partial charge in [-0.2, -0.15) is 0 Å². The number of aromatic amines is 1. The molecule has 0 amide bonds. The van der Waals surface area contributed by atoms with E-state index >= 15 is 0 Å². The summed E-state index contributed by atoms with van der Waals surface area (Å²) in [6.07, 6.45) is 1.12. The van der Waals surface area contributed by atoms with Crippen molar-refractivity contribution in [2.75, 3.05) is 26.2 Å². The van der Waals surface area contributed by atoms with Crippen LogP contribution in [0.4, 0.5) is 0 Å². The maximum Gasteiger partial charge on any atom is 0.328 e. The third kappa shape index (κ3) is 8.02. The average molecular weight is 538 g/mol. The Labute approximate surface area is 235 Å². The molecule has 0 radical (unpaired) electrons. The van der Waals surface area contributed by atoms with Crippen LogP contribution in [0.15, 0.2) is 109 Å². The van der Waals surface area contributed by atoms with E-state index in [9.17, 15) is 9.59 Å². The summed E-state index contributed by atoms with van der Waals surface area (Å²) in [6.45, 7) is 7.51. The summed E-state index contributed by atoms with van der Waals surface area (Å²) < 4.78 is 0. The van der Waals surface area contributed by atoms with E-state index in [4.69, 9.17) is 10.2 Å². The number of carbonyl (C=O) groups is 2. The molecule has 2 heterocycles. The van der Waals surface area contributed by atoms with Crippen LogP contribution in [-0.4, -0.2) is 63.1 Å². The van der Waals surface area contributed by atoms with Crippen molar-refractivity contribution in [3.8, 4) is 11.3 Å². The van der Waals surface area contributed by atoms with Crippen molar-refractivity contribution in [3.05, 3.63) is 132 Å². The normalized spacial score (nSPS) is 14.2. The molecule has 3 aromatic carbocycles. The first-order chi connectivity index (χ1) is 19.4. The van der Waals surface area contributed by atoms with Crippen molar-refractivity contribution in [1.29, 1.82) is 0 Å². The smallest absolute Gasteiger partial charge is 0.328 e. The van der Waals surface area contributed by atoms with Gasteiger partial charge in [0.2, 0.25) is 0 Å². The zero-order valence-electron chi connectivity index (χ0n) is 22.6. The Morgan fingerprint density at radius 1 is 0.775 bits per heavy atom. The summed E-state index contributed by atoms with van der Waals surface area (Å²) in [5.41, 5.74) is 7.89. The first-order valence-electron chi connectivity index (χ1n) is 13.3. The summed E-state index contributed by atoms with van der Waals surface area (Å²) >= 11 is 0. The Kier molecular flexibility index (Phi) is 10.0. The fourth-order valence-corrected chi connectivity index (χ4v) is 4.99. The molecule has 0 bridgehead atoms. The number of piperazine rings is 1. The molecule has 4 aromatic rings. The highest BCUT2D eigenvalue weighted by molar-refractivity contribution is 5.89. The number of nitrogens with one attached hydrogen (secondary N) is 1. The number of aromatic nitrogens is 1. The lowest BCUT2D eigenvalue weighted by molar-refractivity contribution is -0.134. The number of H-pyrrole nitrogens is 1. The fourth-order valence-electron chi connectivity index (χ4n) is 4.99. The molecular formula is C33H35N3O4. The number of hydrogen-bond acceptors (Lipinski definition) is 4. The number of aryl methyl sites for hydroxylation is 1. The van der Waals surface area contributed by atoms with Crippen molar-refractivity contribution >= 4 is 11.9 Å². The molecule has 1 aromatic heterocycles. The molecule has 0 aliphatic carbocycles. The maximum absolute atomic E-state index is 9.55. The maximum atomic E-state index is 9.55. The lowest BCUT2D eigenvalue weighted by Gasteiger charge is -2.39. The summed E-state index contributed by atoms with van der Waals surface area (Å²) in [7, 11) is 0. The summed E-state index contributed by atoms with van der Waals surface area (Å²) in [5.74, 6) is -2.51. The lowest BCUT2D eigenvalue weighted by Crippen LogP contribution is -2.47. The van der Waals surface area contributed by atoms with Gasteiger partial charge in [-0.15, -0.1) is 0 Å². The van der Waals surface area contributed by atoms with E-state index in [1.807, 2.05) is 0 Å². The highest BCUT2D eigenvalue weighted by Crippen LogP contribution is 2.30. The minimum absolute atomic E-state index is 0.318. The van der Waals surface area contributed by atoms with Crippen LogP contribution >= 0.6 is 0 Å². The topological polar surface area (TPSA) is 96.9 Å². The molecule has 0 atom stereocenters. The average Bonchev–Trinajstić information content (AvgIpc) is 3.35. The second-order valence-corrected chi connectivity index (χ2v) is 9.75. The van der Waals surface area contributed by atoms with Gasteiger partial charge in [-0.1, -0.05) is 91.0 Å². The third-order valence-corrected chi connectivity index (χ3v) is 6.97. The van der Waals surface area contributed by atoms with Gasteiger partial charge in [-0.05, 0) is 35.2 Å². The summed E-state index contributed by atoms with van der Waals surface area (Å²) in [6, 6.07) is 35.1. The van der Waals surface area contributed by atoms with Crippen LogP contribution in [0.2, 0.25) is 0 Å². The quantitative estimate of drug-likeness (QED) is 0.253. The third-order valence-electron chi connectivity index (χ3n) is 6.97. The molecule has 7 heteroatoms. The van der Waals surface area contributed by atoms with Gasteiger partial charge < -0.3 is 15.2 Å². The first kappa shape index (κ1) is 28.5. The van der Waals surface area contributed by atoms with Crippen molar-refractivity contribution < 1.29 is 19.8 Å². The van der Waals surface area contributed by atoms with Gasteiger partial charge in [-0.25, -0.2) is 9.59 Å². The second kappa shape index (κ2) is 14.1. The molecule has 0 spiro atoms. The molecule has 0 saturated carbocycles. The highest BCUT2D eigenvalue weighted by Gasteiger charge is 2.26. The van der Waals surface area contributed by atoms with Gasteiger partial charge in [0.25, 0.3) is 0 Å². The minimum atomic E-state index is -1.26. The van der Waals surface area contributed by atoms with E-state index in [2.05, 4.69) is 119 Å². The number of benzene rings is 3. The van der Waals surface area contributed by atoms with Crippen molar-refractivity contribution in [1.82, 2.24) is 14.8 Å². The zero-order chi connectivity index (χ0) is 28.3. The highest BCUT2D eigenvalue weighted by atomic mass is 16.4. The monoisotopic (exact) mass is 537 g/mol. The van der Waals surface area contributed by atoms with Gasteiger partial charge in [0, 0.05) is 56.3 Å². The van der Waals surface area contributed by atoms with Gasteiger partial charge in [-0.3, -0.25) is 9.80 Å². The van der Waals surface area contributed by atoms with E-state index in [1.54, 1.807) is 0 Å². The van der Waals surface area contributed by atoms with E-state index in [1.165, 1.54) is 33.6 Å². The lowest BCUT2D eigenvalue weighted by atomic mass is 9.96. The van der Waals surface area contributed by atoms with Crippen LogP contribution in [0.5, 0.6) is 0 Å². The number of aliphatic carboxylic acids is 2. The summed E-state index contributed by atoms with van der Waals surface area (Å²) in [5, 5.41) is 15.6. The van der Waals surface area contributed by atoms with Crippen LogP contribution in [0.3, 0.4) is 0 Å². The Hall–Kier alpha value is -4.46. The Morgan fingerprint density at radius 2 is 1.25 bits per heavy atom. The second-order valence-electron chi connectivity index (χ2n) is 9.75. The van der Waals surface area contributed by atoms with E-state index in [0.717, 1.165) is 32.7 Å². The molecule has 206 valence electrons. The molecule has 0 unspecified atom stereocenters. The molecule has 1 aliphatic heterocycles. The molecule has 5 rings (SSSR count). The van der Waals surface area contributed by atoms with Crippen LogP contribution in [0.1, 0.15) is 28.4 Å². The Morgan fingerprint density at radius 3 is 1.73 bits per heavy atom. The number of carboxylic acids is 2. The van der Waals surface area contributed by atoms with Gasteiger partial charge >= 0.3 is 11.9 Å².